The molecule has 1 aliphatic heterocycles. The van der Waals surface area contributed by atoms with Gasteiger partial charge in [-0.3, -0.25) is 0 Å². The van der Waals surface area contributed by atoms with Gasteiger partial charge in [0, 0.05) is 6.04 Å². The van der Waals surface area contributed by atoms with Crippen LogP contribution in [0.5, 0.6) is 5.75 Å². The fourth-order valence-corrected chi connectivity index (χ4v) is 4.00. The molecule has 2 nitrogen and oxygen atoms in total. The molecule has 0 aromatic heterocycles. The minimum absolute atomic E-state index is 0.709. The van der Waals surface area contributed by atoms with Crippen molar-refractivity contribution in [3.05, 3.63) is 29.8 Å². The zero-order valence-corrected chi connectivity index (χ0v) is 12.6. The maximum Gasteiger partial charge on any atom is 0.122 e. The highest BCUT2D eigenvalue weighted by Crippen LogP contribution is 2.40. The molecule has 1 saturated carbocycles. The van der Waals surface area contributed by atoms with Gasteiger partial charge in [-0.1, -0.05) is 37.5 Å². The summed E-state index contributed by atoms with van der Waals surface area (Å²) in [6, 6.07) is 9.38. The third-order valence-electron chi connectivity index (χ3n) is 5.14. The molecule has 20 heavy (non-hydrogen) atoms. The smallest absolute Gasteiger partial charge is 0.122 e. The summed E-state index contributed by atoms with van der Waals surface area (Å²) >= 11 is 0. The average Bonchev–Trinajstić information content (AvgIpc) is 2.73. The molecule has 110 valence electrons. The van der Waals surface area contributed by atoms with Gasteiger partial charge in [-0.05, 0) is 56.2 Å². The summed E-state index contributed by atoms with van der Waals surface area (Å²) in [5.41, 5.74) is 1.45. The van der Waals surface area contributed by atoms with Gasteiger partial charge in [0.25, 0.3) is 0 Å². The standard InChI is InChI=1S/C18H27NO/c1-19-16-7-3-2-6-14(13-16)12-15-10-11-20-18-9-5-4-8-17(15)18/h4-5,8-9,14-16,19H,2-3,6-7,10-13H2,1H3. The molecule has 3 rings (SSSR count). The van der Waals surface area contributed by atoms with Crippen molar-refractivity contribution >= 4 is 0 Å². The van der Waals surface area contributed by atoms with Gasteiger partial charge in [0.05, 0.1) is 6.61 Å². The Balaban J connectivity index is 1.68. The zero-order valence-electron chi connectivity index (χ0n) is 12.6. The van der Waals surface area contributed by atoms with Crippen LogP contribution in [0.3, 0.4) is 0 Å². The Kier molecular flexibility index (Phi) is 4.62. The summed E-state index contributed by atoms with van der Waals surface area (Å²) in [7, 11) is 2.12. The monoisotopic (exact) mass is 273 g/mol. The normalized spacial score (nSPS) is 30.1. The van der Waals surface area contributed by atoms with E-state index in [0.717, 1.165) is 24.3 Å². The van der Waals surface area contributed by atoms with Gasteiger partial charge in [0.2, 0.25) is 0 Å². The fraction of sp³-hybridized carbons (Fsp3) is 0.667. The number of benzene rings is 1. The predicted octanol–water partition coefficient (Wildman–Crippen LogP) is 4.11. The Labute approximate surface area is 122 Å². The van der Waals surface area contributed by atoms with Crippen LogP contribution in [0.2, 0.25) is 0 Å². The van der Waals surface area contributed by atoms with E-state index in [1.54, 1.807) is 0 Å². The van der Waals surface area contributed by atoms with Crippen LogP contribution < -0.4 is 10.1 Å². The number of hydrogen-bond donors (Lipinski definition) is 1. The lowest BCUT2D eigenvalue weighted by molar-refractivity contribution is 0.244. The van der Waals surface area contributed by atoms with Crippen molar-refractivity contribution in [2.75, 3.05) is 13.7 Å². The summed E-state index contributed by atoms with van der Waals surface area (Å²) in [6.07, 6.45) is 9.47. The molecule has 1 fully saturated rings. The molecule has 1 heterocycles. The predicted molar refractivity (Wildman–Crippen MR) is 83.3 cm³/mol. The first kappa shape index (κ1) is 13.9. The quantitative estimate of drug-likeness (QED) is 0.837. The van der Waals surface area contributed by atoms with Crippen molar-refractivity contribution < 1.29 is 4.74 Å². The minimum atomic E-state index is 0.709. The van der Waals surface area contributed by atoms with Crippen molar-refractivity contribution in [1.82, 2.24) is 5.32 Å². The number of para-hydroxylation sites is 1. The number of ether oxygens (including phenoxy) is 1. The first-order chi connectivity index (χ1) is 9.86. The zero-order chi connectivity index (χ0) is 13.8. The minimum Gasteiger partial charge on any atom is -0.493 e. The van der Waals surface area contributed by atoms with Crippen LogP contribution in [0.1, 0.15) is 56.4 Å². The van der Waals surface area contributed by atoms with E-state index in [9.17, 15) is 0 Å². The molecule has 0 radical (unpaired) electrons. The van der Waals surface area contributed by atoms with E-state index in [0.29, 0.717) is 5.92 Å². The summed E-state index contributed by atoms with van der Waals surface area (Å²) in [5.74, 6) is 2.72. The third kappa shape index (κ3) is 3.17. The molecule has 2 aliphatic rings. The van der Waals surface area contributed by atoms with E-state index in [1.807, 2.05) is 0 Å². The summed E-state index contributed by atoms with van der Waals surface area (Å²) in [4.78, 5) is 0. The molecule has 0 saturated heterocycles. The van der Waals surface area contributed by atoms with E-state index >= 15 is 0 Å². The molecule has 0 bridgehead atoms. The Bertz CT molecular complexity index is 431. The van der Waals surface area contributed by atoms with Crippen molar-refractivity contribution in [1.29, 1.82) is 0 Å². The molecule has 2 heteroatoms. The van der Waals surface area contributed by atoms with Crippen molar-refractivity contribution in [3.8, 4) is 5.75 Å². The van der Waals surface area contributed by atoms with E-state index in [2.05, 4.69) is 36.6 Å². The molecule has 1 aromatic rings. The molecule has 3 atom stereocenters. The highest BCUT2D eigenvalue weighted by atomic mass is 16.5. The molecular weight excluding hydrogens is 246 g/mol. The number of fused-ring (bicyclic) bond motifs is 1. The molecular formula is C18H27NO. The van der Waals surface area contributed by atoms with Gasteiger partial charge in [-0.25, -0.2) is 0 Å². The van der Waals surface area contributed by atoms with Crippen molar-refractivity contribution in [2.24, 2.45) is 5.92 Å². The Morgan fingerprint density at radius 3 is 2.90 bits per heavy atom. The summed E-state index contributed by atoms with van der Waals surface area (Å²) in [6.45, 7) is 0.893. The van der Waals surface area contributed by atoms with Crippen molar-refractivity contribution in [3.63, 3.8) is 0 Å². The van der Waals surface area contributed by atoms with Crippen LogP contribution in [-0.4, -0.2) is 19.7 Å². The Morgan fingerprint density at radius 1 is 1.15 bits per heavy atom. The van der Waals surface area contributed by atoms with E-state index < -0.39 is 0 Å². The Hall–Kier alpha value is -1.02. The molecule has 1 aromatic carbocycles. The average molecular weight is 273 g/mol. The van der Waals surface area contributed by atoms with Crippen molar-refractivity contribution in [2.45, 2.75) is 56.9 Å². The first-order valence-electron chi connectivity index (χ1n) is 8.26. The maximum atomic E-state index is 5.80. The largest absolute Gasteiger partial charge is 0.493 e. The number of nitrogens with one attached hydrogen (secondary N) is 1. The third-order valence-corrected chi connectivity index (χ3v) is 5.14. The Morgan fingerprint density at radius 2 is 2.00 bits per heavy atom. The molecule has 0 amide bonds. The van der Waals surface area contributed by atoms with Crippen LogP contribution in [0.4, 0.5) is 0 Å². The molecule has 1 N–H and O–H groups in total. The number of rotatable bonds is 3. The van der Waals surface area contributed by atoms with E-state index in [4.69, 9.17) is 4.74 Å². The van der Waals surface area contributed by atoms with Gasteiger partial charge >= 0.3 is 0 Å². The lowest BCUT2D eigenvalue weighted by atomic mass is 9.82. The van der Waals surface area contributed by atoms with E-state index in [-0.39, 0.29) is 0 Å². The second-order valence-electron chi connectivity index (χ2n) is 6.48. The highest BCUT2D eigenvalue weighted by molar-refractivity contribution is 5.37. The van der Waals surface area contributed by atoms with Gasteiger partial charge in [0.1, 0.15) is 5.75 Å². The topological polar surface area (TPSA) is 21.3 Å². The van der Waals surface area contributed by atoms with Crippen LogP contribution in [-0.2, 0) is 0 Å². The fourth-order valence-electron chi connectivity index (χ4n) is 4.00. The summed E-state index contributed by atoms with van der Waals surface area (Å²) in [5, 5.41) is 3.51. The maximum absolute atomic E-state index is 5.80. The van der Waals surface area contributed by atoms with Gasteiger partial charge in [-0.2, -0.15) is 0 Å². The SMILES string of the molecule is CNC1CCCCC(CC2CCOc3ccccc32)C1. The lowest BCUT2D eigenvalue weighted by Crippen LogP contribution is -2.27. The second-order valence-corrected chi connectivity index (χ2v) is 6.48. The summed E-state index contributed by atoms with van der Waals surface area (Å²) < 4.78 is 5.80. The van der Waals surface area contributed by atoms with Crippen LogP contribution in [0, 0.1) is 5.92 Å². The highest BCUT2D eigenvalue weighted by Gasteiger charge is 2.26. The van der Waals surface area contributed by atoms with E-state index in [1.165, 1.54) is 50.5 Å². The lowest BCUT2D eigenvalue weighted by Gasteiger charge is -2.29. The van der Waals surface area contributed by atoms with Gasteiger partial charge < -0.3 is 10.1 Å². The van der Waals surface area contributed by atoms with Crippen LogP contribution in [0.15, 0.2) is 24.3 Å². The van der Waals surface area contributed by atoms with Crippen LogP contribution in [0.25, 0.3) is 0 Å². The first-order valence-corrected chi connectivity index (χ1v) is 8.26. The van der Waals surface area contributed by atoms with Crippen LogP contribution >= 0.6 is 0 Å². The van der Waals surface area contributed by atoms with Gasteiger partial charge in [0.15, 0.2) is 0 Å². The molecule has 1 aliphatic carbocycles. The second kappa shape index (κ2) is 6.62. The molecule has 3 unspecified atom stereocenters. The molecule has 0 spiro atoms. The number of hydrogen-bond acceptors (Lipinski definition) is 2. The van der Waals surface area contributed by atoms with Gasteiger partial charge in [-0.15, -0.1) is 0 Å².